The van der Waals surface area contributed by atoms with Gasteiger partial charge in [0.1, 0.15) is 0 Å². The van der Waals surface area contributed by atoms with Gasteiger partial charge in [-0.05, 0) is 44.2 Å². The fourth-order valence-electron chi connectivity index (χ4n) is 2.79. The molecule has 0 aromatic heterocycles. The van der Waals surface area contributed by atoms with Gasteiger partial charge in [0.15, 0.2) is 6.10 Å². The second-order valence-electron chi connectivity index (χ2n) is 5.82. The summed E-state index contributed by atoms with van der Waals surface area (Å²) in [6, 6.07) is 7.94. The van der Waals surface area contributed by atoms with Crippen molar-refractivity contribution in [2.75, 3.05) is 6.61 Å². The maximum atomic E-state index is 12.3. The van der Waals surface area contributed by atoms with Crippen LogP contribution in [0.5, 0.6) is 0 Å². The van der Waals surface area contributed by atoms with E-state index in [2.05, 4.69) is 16.1 Å². The van der Waals surface area contributed by atoms with E-state index in [4.69, 9.17) is 4.74 Å². The lowest BCUT2D eigenvalue weighted by atomic mass is 9.87. The Morgan fingerprint density at radius 2 is 1.96 bits per heavy atom. The fraction of sp³-hybridized carbons (Fsp3) is 0.421. The number of amides is 1. The second kappa shape index (κ2) is 9.01. The lowest BCUT2D eigenvalue weighted by Crippen LogP contribution is -2.39. The van der Waals surface area contributed by atoms with Crippen LogP contribution in [0.25, 0.3) is 0 Å². The van der Waals surface area contributed by atoms with E-state index in [0.717, 1.165) is 37.0 Å². The predicted molar refractivity (Wildman–Crippen MR) is 91.6 cm³/mol. The maximum Gasteiger partial charge on any atom is 0.331 e. The first-order valence-corrected chi connectivity index (χ1v) is 8.45. The number of aryl methyl sites for hydroxylation is 1. The molecule has 6 heteroatoms. The molecule has 2 rings (SSSR count). The van der Waals surface area contributed by atoms with Gasteiger partial charge in [-0.25, -0.2) is 9.59 Å². The van der Waals surface area contributed by atoms with E-state index in [9.17, 15) is 14.4 Å². The van der Waals surface area contributed by atoms with Crippen LogP contribution in [0.3, 0.4) is 0 Å². The minimum Gasteiger partial charge on any atom is -0.463 e. The highest BCUT2D eigenvalue weighted by molar-refractivity contribution is 5.93. The summed E-state index contributed by atoms with van der Waals surface area (Å²) in [7, 11) is 0. The molecular weight excluding hydrogens is 322 g/mol. The Morgan fingerprint density at radius 1 is 1.24 bits per heavy atom. The molecule has 0 fully saturated rings. The molecular formula is C19H23NO5. The molecule has 1 aliphatic carbocycles. The normalized spacial score (nSPS) is 17.4. The SMILES string of the molecule is CCOC(=O)/C=C/C(=O)O[C@@H](C)C(=O)N[C@@H]1CCCc2ccccc21. The quantitative estimate of drug-likeness (QED) is 0.631. The third-order valence-electron chi connectivity index (χ3n) is 3.99. The summed E-state index contributed by atoms with van der Waals surface area (Å²) in [6.07, 6.45) is 3.84. The van der Waals surface area contributed by atoms with Crippen molar-refractivity contribution < 1.29 is 23.9 Å². The molecule has 1 aromatic rings. The van der Waals surface area contributed by atoms with E-state index >= 15 is 0 Å². The minimum atomic E-state index is -0.951. The number of carbonyl (C=O) groups excluding carboxylic acids is 3. The number of esters is 2. The lowest BCUT2D eigenvalue weighted by Gasteiger charge is -2.27. The Balaban J connectivity index is 1.89. The fourth-order valence-corrected chi connectivity index (χ4v) is 2.79. The molecule has 134 valence electrons. The van der Waals surface area contributed by atoms with Crippen LogP contribution in [-0.4, -0.2) is 30.6 Å². The summed E-state index contributed by atoms with van der Waals surface area (Å²) in [6.45, 7) is 3.39. The summed E-state index contributed by atoms with van der Waals surface area (Å²) in [5.74, 6) is -1.75. The van der Waals surface area contributed by atoms with Crippen LogP contribution < -0.4 is 5.32 Å². The molecule has 1 aromatic carbocycles. The van der Waals surface area contributed by atoms with Gasteiger partial charge in [-0.15, -0.1) is 0 Å². The molecule has 0 radical (unpaired) electrons. The Kier molecular flexibility index (Phi) is 6.74. The van der Waals surface area contributed by atoms with Gasteiger partial charge in [-0.1, -0.05) is 24.3 Å². The van der Waals surface area contributed by atoms with Crippen LogP contribution in [0.4, 0.5) is 0 Å². The van der Waals surface area contributed by atoms with E-state index in [0.29, 0.717) is 0 Å². The average molecular weight is 345 g/mol. The highest BCUT2D eigenvalue weighted by Crippen LogP contribution is 2.29. The van der Waals surface area contributed by atoms with Crippen molar-refractivity contribution in [2.45, 2.75) is 45.3 Å². The Morgan fingerprint density at radius 3 is 2.72 bits per heavy atom. The van der Waals surface area contributed by atoms with Crippen LogP contribution in [0.15, 0.2) is 36.4 Å². The van der Waals surface area contributed by atoms with Crippen LogP contribution in [-0.2, 0) is 30.3 Å². The van der Waals surface area contributed by atoms with E-state index in [1.165, 1.54) is 12.5 Å². The maximum absolute atomic E-state index is 12.3. The topological polar surface area (TPSA) is 81.7 Å². The van der Waals surface area contributed by atoms with Crippen LogP contribution >= 0.6 is 0 Å². The smallest absolute Gasteiger partial charge is 0.331 e. The molecule has 0 spiro atoms. The highest BCUT2D eigenvalue weighted by Gasteiger charge is 2.24. The van der Waals surface area contributed by atoms with Crippen LogP contribution in [0.2, 0.25) is 0 Å². The molecule has 1 amide bonds. The molecule has 0 heterocycles. The molecule has 0 saturated heterocycles. The summed E-state index contributed by atoms with van der Waals surface area (Å²) < 4.78 is 9.69. The third kappa shape index (κ3) is 5.45. The van der Waals surface area contributed by atoms with Gasteiger partial charge in [0.25, 0.3) is 5.91 Å². The summed E-state index contributed by atoms with van der Waals surface area (Å²) >= 11 is 0. The van der Waals surface area contributed by atoms with E-state index in [1.807, 2.05) is 18.2 Å². The third-order valence-corrected chi connectivity index (χ3v) is 3.99. The number of fused-ring (bicyclic) bond motifs is 1. The van der Waals surface area contributed by atoms with Gasteiger partial charge >= 0.3 is 11.9 Å². The first kappa shape index (κ1) is 18.7. The van der Waals surface area contributed by atoms with E-state index in [1.54, 1.807) is 6.92 Å². The number of rotatable bonds is 6. The molecule has 0 saturated carbocycles. The average Bonchev–Trinajstić information content (AvgIpc) is 2.60. The van der Waals surface area contributed by atoms with Crippen molar-refractivity contribution in [1.29, 1.82) is 0 Å². The Hall–Kier alpha value is -2.63. The zero-order valence-corrected chi connectivity index (χ0v) is 14.5. The molecule has 0 aliphatic heterocycles. The molecule has 25 heavy (non-hydrogen) atoms. The summed E-state index contributed by atoms with van der Waals surface area (Å²) in [5, 5.41) is 2.93. The van der Waals surface area contributed by atoms with Crippen molar-refractivity contribution >= 4 is 17.8 Å². The number of hydrogen-bond acceptors (Lipinski definition) is 5. The number of hydrogen-bond donors (Lipinski definition) is 1. The monoisotopic (exact) mass is 345 g/mol. The number of benzene rings is 1. The van der Waals surface area contributed by atoms with Gasteiger partial charge in [0.2, 0.25) is 0 Å². The van der Waals surface area contributed by atoms with Gasteiger partial charge in [-0.2, -0.15) is 0 Å². The van der Waals surface area contributed by atoms with Crippen LogP contribution in [0.1, 0.15) is 43.9 Å². The van der Waals surface area contributed by atoms with E-state index < -0.39 is 18.0 Å². The molecule has 6 nitrogen and oxygen atoms in total. The number of nitrogens with one attached hydrogen (secondary N) is 1. The van der Waals surface area contributed by atoms with Gasteiger partial charge < -0.3 is 14.8 Å². The lowest BCUT2D eigenvalue weighted by molar-refractivity contribution is -0.150. The van der Waals surface area contributed by atoms with Crippen molar-refractivity contribution in [1.82, 2.24) is 5.32 Å². The number of ether oxygens (including phenoxy) is 2. The van der Waals surface area contributed by atoms with Crippen molar-refractivity contribution in [3.63, 3.8) is 0 Å². The first-order chi connectivity index (χ1) is 12.0. The largest absolute Gasteiger partial charge is 0.463 e. The zero-order chi connectivity index (χ0) is 18.2. The standard InChI is InChI=1S/C19H23NO5/c1-3-24-17(21)11-12-18(22)25-13(2)19(23)20-16-10-6-8-14-7-4-5-9-15(14)16/h4-5,7,9,11-13,16H,3,6,8,10H2,1-2H3,(H,20,23)/b12-11+/t13-,16+/m0/s1. The molecule has 0 bridgehead atoms. The Labute approximate surface area is 147 Å². The molecule has 2 atom stereocenters. The van der Waals surface area contributed by atoms with Gasteiger partial charge in [0.05, 0.1) is 12.6 Å². The first-order valence-electron chi connectivity index (χ1n) is 8.45. The van der Waals surface area contributed by atoms with Crippen LogP contribution in [0, 0.1) is 0 Å². The van der Waals surface area contributed by atoms with Gasteiger partial charge in [0, 0.05) is 12.2 Å². The van der Waals surface area contributed by atoms with Crippen molar-refractivity contribution in [3.05, 3.63) is 47.5 Å². The zero-order valence-electron chi connectivity index (χ0n) is 14.5. The number of carbonyl (C=O) groups is 3. The van der Waals surface area contributed by atoms with E-state index in [-0.39, 0.29) is 18.6 Å². The second-order valence-corrected chi connectivity index (χ2v) is 5.82. The predicted octanol–water partition coefficient (Wildman–Crippen LogP) is 2.23. The summed E-state index contributed by atoms with van der Waals surface area (Å²) in [4.78, 5) is 35.1. The van der Waals surface area contributed by atoms with Gasteiger partial charge in [-0.3, -0.25) is 4.79 Å². The molecule has 1 N–H and O–H groups in total. The molecule has 1 aliphatic rings. The minimum absolute atomic E-state index is 0.0753. The summed E-state index contributed by atoms with van der Waals surface area (Å²) in [5.41, 5.74) is 2.35. The van der Waals surface area contributed by atoms with Crippen molar-refractivity contribution in [2.24, 2.45) is 0 Å². The van der Waals surface area contributed by atoms with Crippen molar-refractivity contribution in [3.8, 4) is 0 Å². The molecule has 0 unspecified atom stereocenters. The highest BCUT2D eigenvalue weighted by atomic mass is 16.5. The Bertz CT molecular complexity index is 668.